The van der Waals surface area contributed by atoms with Crippen LogP contribution in [0.1, 0.15) is 38.5 Å². The Balaban J connectivity index is 1.66. The van der Waals surface area contributed by atoms with Gasteiger partial charge in [-0.15, -0.1) is 0 Å². The van der Waals surface area contributed by atoms with Crippen LogP contribution in [0.3, 0.4) is 0 Å². The highest BCUT2D eigenvalue weighted by Crippen LogP contribution is 2.37. The maximum atomic E-state index is 11.9. The van der Waals surface area contributed by atoms with E-state index in [1.165, 1.54) is 32.4 Å². The summed E-state index contributed by atoms with van der Waals surface area (Å²) in [6.07, 6.45) is 6.80. The van der Waals surface area contributed by atoms with Crippen molar-refractivity contribution >= 4 is 0 Å². The summed E-state index contributed by atoms with van der Waals surface area (Å²) in [5, 5.41) is 0. The highest BCUT2D eigenvalue weighted by atomic mass is 19.1. The van der Waals surface area contributed by atoms with E-state index < -0.39 is 0 Å². The summed E-state index contributed by atoms with van der Waals surface area (Å²) in [5.74, 6) is 0. The van der Waals surface area contributed by atoms with Crippen molar-refractivity contribution < 1.29 is 9.13 Å². The molecule has 1 spiro atoms. The van der Waals surface area contributed by atoms with Gasteiger partial charge >= 0.3 is 0 Å². The summed E-state index contributed by atoms with van der Waals surface area (Å²) in [7, 11) is 0. The molecule has 2 aliphatic rings. The molecule has 0 radical (unpaired) electrons. The molecule has 2 rings (SSSR count). The normalized spacial score (nSPS) is 31.3. The first-order valence-electron chi connectivity index (χ1n) is 6.71. The topological polar surface area (TPSA) is 12.5 Å². The van der Waals surface area contributed by atoms with Crippen LogP contribution in [0.4, 0.5) is 4.39 Å². The van der Waals surface area contributed by atoms with Crippen LogP contribution in [0.5, 0.6) is 0 Å². The molecule has 0 aromatic heterocycles. The Hall–Kier alpha value is -0.150. The smallest absolute Gasteiger partial charge is 0.0894 e. The Morgan fingerprint density at radius 1 is 1.19 bits per heavy atom. The van der Waals surface area contributed by atoms with Gasteiger partial charge in [0.05, 0.1) is 13.3 Å². The van der Waals surface area contributed by atoms with Crippen molar-refractivity contribution in [2.24, 2.45) is 5.41 Å². The van der Waals surface area contributed by atoms with E-state index >= 15 is 0 Å². The molecule has 0 bridgehead atoms. The number of halogens is 1. The van der Waals surface area contributed by atoms with Gasteiger partial charge in [0, 0.05) is 18.6 Å². The van der Waals surface area contributed by atoms with Gasteiger partial charge in [-0.1, -0.05) is 0 Å². The molecule has 3 heteroatoms. The third-order valence-electron chi connectivity index (χ3n) is 4.03. The minimum atomic E-state index is -0.155. The van der Waals surface area contributed by atoms with E-state index in [2.05, 4.69) is 4.90 Å². The SMILES string of the molecule is FCCCCCN1CC[C@]2(CCCOC2)C1. The molecular formula is C13H24FNO. The number of hydrogen-bond donors (Lipinski definition) is 0. The molecule has 2 fully saturated rings. The van der Waals surface area contributed by atoms with E-state index in [-0.39, 0.29) is 6.67 Å². The van der Waals surface area contributed by atoms with Gasteiger partial charge in [-0.2, -0.15) is 0 Å². The molecule has 0 unspecified atom stereocenters. The van der Waals surface area contributed by atoms with Crippen molar-refractivity contribution in [2.75, 3.05) is 39.5 Å². The summed E-state index contributed by atoms with van der Waals surface area (Å²) >= 11 is 0. The van der Waals surface area contributed by atoms with E-state index in [1.807, 2.05) is 0 Å². The third kappa shape index (κ3) is 3.17. The number of likely N-dealkylation sites (tertiary alicyclic amines) is 1. The molecule has 0 amide bonds. The van der Waals surface area contributed by atoms with E-state index in [1.54, 1.807) is 0 Å². The standard InChI is InChI=1S/C13H24FNO/c14-7-2-1-3-8-15-9-6-13(11-15)5-4-10-16-12-13/h1-12H2/t13-/m1/s1. The average molecular weight is 229 g/mol. The van der Waals surface area contributed by atoms with E-state index in [0.29, 0.717) is 5.41 Å². The van der Waals surface area contributed by atoms with Gasteiger partial charge in [0.25, 0.3) is 0 Å². The minimum Gasteiger partial charge on any atom is -0.381 e. The highest BCUT2D eigenvalue weighted by Gasteiger charge is 2.39. The van der Waals surface area contributed by atoms with E-state index in [0.717, 1.165) is 39.0 Å². The molecule has 2 aliphatic heterocycles. The Kier molecular flexibility index (Phi) is 4.59. The summed E-state index contributed by atoms with van der Waals surface area (Å²) in [6, 6.07) is 0. The molecule has 0 aliphatic carbocycles. The van der Waals surface area contributed by atoms with Crippen molar-refractivity contribution in [1.82, 2.24) is 4.90 Å². The molecule has 2 nitrogen and oxygen atoms in total. The predicted molar refractivity (Wildman–Crippen MR) is 63.4 cm³/mol. The van der Waals surface area contributed by atoms with E-state index in [9.17, 15) is 4.39 Å². The summed E-state index contributed by atoms with van der Waals surface area (Å²) in [6.45, 7) is 5.35. The van der Waals surface area contributed by atoms with Gasteiger partial charge in [0.1, 0.15) is 0 Å². The Morgan fingerprint density at radius 2 is 2.12 bits per heavy atom. The first-order chi connectivity index (χ1) is 7.85. The molecule has 0 aromatic carbocycles. The highest BCUT2D eigenvalue weighted by molar-refractivity contribution is 4.91. The fraction of sp³-hybridized carbons (Fsp3) is 1.00. The van der Waals surface area contributed by atoms with Crippen LogP contribution in [0.15, 0.2) is 0 Å². The lowest BCUT2D eigenvalue weighted by atomic mass is 9.82. The lowest BCUT2D eigenvalue weighted by molar-refractivity contribution is -0.00216. The Bertz CT molecular complexity index is 204. The second-order valence-electron chi connectivity index (χ2n) is 5.43. The molecular weight excluding hydrogens is 205 g/mol. The Labute approximate surface area is 98.1 Å². The molecule has 2 heterocycles. The lowest BCUT2D eigenvalue weighted by Crippen LogP contribution is -2.35. The molecule has 94 valence electrons. The predicted octanol–water partition coefficient (Wildman–Crippen LogP) is 2.63. The quantitative estimate of drug-likeness (QED) is 0.672. The second-order valence-corrected chi connectivity index (χ2v) is 5.43. The molecule has 0 saturated carbocycles. The zero-order valence-electron chi connectivity index (χ0n) is 10.2. The van der Waals surface area contributed by atoms with E-state index in [4.69, 9.17) is 4.74 Å². The molecule has 16 heavy (non-hydrogen) atoms. The van der Waals surface area contributed by atoms with Crippen LogP contribution in [0.25, 0.3) is 0 Å². The summed E-state index contributed by atoms with van der Waals surface area (Å²) in [4.78, 5) is 2.55. The number of ether oxygens (including phenoxy) is 1. The van der Waals surface area contributed by atoms with Gasteiger partial charge in [0.2, 0.25) is 0 Å². The van der Waals surface area contributed by atoms with Gasteiger partial charge < -0.3 is 9.64 Å². The van der Waals surface area contributed by atoms with Crippen molar-refractivity contribution in [3.05, 3.63) is 0 Å². The second kappa shape index (κ2) is 5.97. The molecule has 0 N–H and O–H groups in total. The van der Waals surface area contributed by atoms with Crippen LogP contribution in [-0.2, 0) is 4.74 Å². The van der Waals surface area contributed by atoms with Crippen LogP contribution in [0.2, 0.25) is 0 Å². The lowest BCUT2D eigenvalue weighted by Gasteiger charge is -2.33. The zero-order valence-corrected chi connectivity index (χ0v) is 10.2. The van der Waals surface area contributed by atoms with Crippen LogP contribution in [-0.4, -0.2) is 44.4 Å². The Morgan fingerprint density at radius 3 is 2.88 bits per heavy atom. The minimum absolute atomic E-state index is 0.155. The maximum absolute atomic E-state index is 11.9. The number of hydrogen-bond acceptors (Lipinski definition) is 2. The number of unbranched alkanes of at least 4 members (excludes halogenated alkanes) is 2. The van der Waals surface area contributed by atoms with Gasteiger partial charge in [-0.3, -0.25) is 4.39 Å². The number of alkyl halides is 1. The average Bonchev–Trinajstić information content (AvgIpc) is 2.69. The van der Waals surface area contributed by atoms with Crippen molar-refractivity contribution in [3.63, 3.8) is 0 Å². The molecule has 2 saturated heterocycles. The first kappa shape index (κ1) is 12.3. The van der Waals surface area contributed by atoms with Gasteiger partial charge in [-0.05, 0) is 51.6 Å². The van der Waals surface area contributed by atoms with Crippen molar-refractivity contribution in [2.45, 2.75) is 38.5 Å². The largest absolute Gasteiger partial charge is 0.381 e. The summed E-state index contributed by atoms with van der Waals surface area (Å²) < 4.78 is 17.6. The first-order valence-corrected chi connectivity index (χ1v) is 6.71. The van der Waals surface area contributed by atoms with Crippen molar-refractivity contribution in [1.29, 1.82) is 0 Å². The summed E-state index contributed by atoms with van der Waals surface area (Å²) in [5.41, 5.74) is 0.471. The fourth-order valence-electron chi connectivity index (χ4n) is 3.06. The van der Waals surface area contributed by atoms with Gasteiger partial charge in [0.15, 0.2) is 0 Å². The fourth-order valence-corrected chi connectivity index (χ4v) is 3.06. The van der Waals surface area contributed by atoms with Crippen LogP contribution < -0.4 is 0 Å². The zero-order chi connectivity index (χ0) is 11.3. The molecule has 0 aromatic rings. The number of nitrogens with zero attached hydrogens (tertiary/aromatic N) is 1. The van der Waals surface area contributed by atoms with Crippen LogP contribution >= 0.6 is 0 Å². The van der Waals surface area contributed by atoms with Crippen molar-refractivity contribution in [3.8, 4) is 0 Å². The van der Waals surface area contributed by atoms with Gasteiger partial charge in [-0.25, -0.2) is 0 Å². The molecule has 1 atom stereocenters. The maximum Gasteiger partial charge on any atom is 0.0894 e. The van der Waals surface area contributed by atoms with Crippen LogP contribution in [0, 0.1) is 5.41 Å². The monoisotopic (exact) mass is 229 g/mol. The third-order valence-corrected chi connectivity index (χ3v) is 4.03. The number of rotatable bonds is 5.